The lowest BCUT2D eigenvalue weighted by Gasteiger charge is -2.14. The highest BCUT2D eigenvalue weighted by atomic mass is 16.5. The summed E-state index contributed by atoms with van der Waals surface area (Å²) in [6.07, 6.45) is 0. The van der Waals surface area contributed by atoms with Gasteiger partial charge in [-0.15, -0.1) is 0 Å². The van der Waals surface area contributed by atoms with Gasteiger partial charge in [-0.25, -0.2) is 0 Å². The molecule has 21 heavy (non-hydrogen) atoms. The van der Waals surface area contributed by atoms with Crippen molar-refractivity contribution < 1.29 is 18.6 Å². The standard InChI is InChI=1S/C16H23NO4/c1-9(2)13-12(8-17-3)21-10-7-11(18-4)15(19-5)16(20-6)14(10)13/h7,9,17H,8H2,1-6H3. The van der Waals surface area contributed by atoms with Gasteiger partial charge < -0.3 is 23.9 Å². The zero-order valence-electron chi connectivity index (χ0n) is 13.5. The Labute approximate surface area is 125 Å². The minimum absolute atomic E-state index is 0.307. The third-order valence-electron chi connectivity index (χ3n) is 3.51. The number of nitrogens with one attached hydrogen (secondary N) is 1. The van der Waals surface area contributed by atoms with Gasteiger partial charge in [-0.05, 0) is 13.0 Å². The Morgan fingerprint density at radius 3 is 2.24 bits per heavy atom. The third-order valence-corrected chi connectivity index (χ3v) is 3.51. The van der Waals surface area contributed by atoms with Gasteiger partial charge in [0.2, 0.25) is 5.75 Å². The number of ether oxygens (including phenoxy) is 3. The quantitative estimate of drug-likeness (QED) is 0.885. The van der Waals surface area contributed by atoms with E-state index in [0.717, 1.165) is 22.3 Å². The molecule has 0 spiro atoms. The fourth-order valence-corrected chi connectivity index (χ4v) is 2.70. The van der Waals surface area contributed by atoms with Gasteiger partial charge in [0.15, 0.2) is 11.5 Å². The summed E-state index contributed by atoms with van der Waals surface area (Å²) >= 11 is 0. The van der Waals surface area contributed by atoms with E-state index in [1.54, 1.807) is 21.3 Å². The van der Waals surface area contributed by atoms with Gasteiger partial charge in [-0.3, -0.25) is 0 Å². The summed E-state index contributed by atoms with van der Waals surface area (Å²) in [5, 5.41) is 4.09. The van der Waals surface area contributed by atoms with Gasteiger partial charge in [0.25, 0.3) is 0 Å². The van der Waals surface area contributed by atoms with Crippen LogP contribution in [0.25, 0.3) is 11.0 Å². The molecule has 116 valence electrons. The Morgan fingerprint density at radius 2 is 1.76 bits per heavy atom. The Hall–Kier alpha value is -1.88. The summed E-state index contributed by atoms with van der Waals surface area (Å²) < 4.78 is 22.4. The van der Waals surface area contributed by atoms with Crippen LogP contribution >= 0.6 is 0 Å². The highest BCUT2D eigenvalue weighted by Gasteiger charge is 2.25. The van der Waals surface area contributed by atoms with Crippen LogP contribution in [0.4, 0.5) is 0 Å². The number of hydrogen-bond acceptors (Lipinski definition) is 5. The molecule has 5 nitrogen and oxygen atoms in total. The number of rotatable bonds is 6. The van der Waals surface area contributed by atoms with Crippen molar-refractivity contribution in [2.45, 2.75) is 26.3 Å². The molecule has 0 aliphatic carbocycles. The second-order valence-corrected chi connectivity index (χ2v) is 5.14. The molecular formula is C16H23NO4. The second-order valence-electron chi connectivity index (χ2n) is 5.14. The highest BCUT2D eigenvalue weighted by molar-refractivity contribution is 5.93. The second kappa shape index (κ2) is 6.26. The first-order valence-electron chi connectivity index (χ1n) is 6.97. The van der Waals surface area contributed by atoms with Crippen molar-refractivity contribution in [2.24, 2.45) is 0 Å². The Balaban J connectivity index is 2.86. The van der Waals surface area contributed by atoms with Gasteiger partial charge in [0.05, 0.1) is 33.3 Å². The lowest BCUT2D eigenvalue weighted by atomic mass is 9.98. The van der Waals surface area contributed by atoms with E-state index in [2.05, 4.69) is 19.2 Å². The summed E-state index contributed by atoms with van der Waals surface area (Å²) in [4.78, 5) is 0. The molecule has 1 heterocycles. The first-order valence-corrected chi connectivity index (χ1v) is 6.97. The monoisotopic (exact) mass is 293 g/mol. The van der Waals surface area contributed by atoms with Gasteiger partial charge in [-0.2, -0.15) is 0 Å². The fraction of sp³-hybridized carbons (Fsp3) is 0.500. The van der Waals surface area contributed by atoms with Gasteiger partial charge in [0.1, 0.15) is 11.3 Å². The van der Waals surface area contributed by atoms with E-state index in [0.29, 0.717) is 29.7 Å². The van der Waals surface area contributed by atoms with Crippen LogP contribution in [0.5, 0.6) is 17.2 Å². The number of fused-ring (bicyclic) bond motifs is 1. The predicted octanol–water partition coefficient (Wildman–Crippen LogP) is 3.30. The zero-order valence-corrected chi connectivity index (χ0v) is 13.5. The topological polar surface area (TPSA) is 52.9 Å². The Morgan fingerprint density at radius 1 is 1.10 bits per heavy atom. The van der Waals surface area contributed by atoms with Crippen molar-refractivity contribution in [3.8, 4) is 17.2 Å². The van der Waals surface area contributed by atoms with Crippen LogP contribution in [0.1, 0.15) is 31.1 Å². The summed E-state index contributed by atoms with van der Waals surface area (Å²) in [6.45, 7) is 4.94. The molecule has 0 aliphatic rings. The molecule has 0 atom stereocenters. The first kappa shape index (κ1) is 15.5. The number of furan rings is 1. The molecule has 2 aromatic rings. The van der Waals surface area contributed by atoms with Crippen molar-refractivity contribution in [3.63, 3.8) is 0 Å². The molecule has 1 N–H and O–H groups in total. The molecule has 2 rings (SSSR count). The molecule has 0 fully saturated rings. The predicted molar refractivity (Wildman–Crippen MR) is 82.7 cm³/mol. The van der Waals surface area contributed by atoms with E-state index >= 15 is 0 Å². The van der Waals surface area contributed by atoms with Gasteiger partial charge in [-0.1, -0.05) is 13.8 Å². The van der Waals surface area contributed by atoms with Crippen molar-refractivity contribution in [1.82, 2.24) is 5.32 Å². The maximum absolute atomic E-state index is 6.01. The van der Waals surface area contributed by atoms with E-state index in [4.69, 9.17) is 18.6 Å². The Kier molecular flexibility index (Phi) is 4.63. The SMILES string of the molecule is CNCc1oc2cc(OC)c(OC)c(OC)c2c1C(C)C. The summed E-state index contributed by atoms with van der Waals surface area (Å²) in [7, 11) is 6.74. The van der Waals surface area contributed by atoms with Crippen LogP contribution < -0.4 is 19.5 Å². The van der Waals surface area contributed by atoms with E-state index in [9.17, 15) is 0 Å². The fourth-order valence-electron chi connectivity index (χ4n) is 2.70. The lowest BCUT2D eigenvalue weighted by Crippen LogP contribution is -2.06. The van der Waals surface area contributed by atoms with Crippen LogP contribution in [0, 0.1) is 0 Å². The lowest BCUT2D eigenvalue weighted by molar-refractivity contribution is 0.326. The van der Waals surface area contributed by atoms with E-state index < -0.39 is 0 Å². The number of benzene rings is 1. The third kappa shape index (κ3) is 2.53. The van der Waals surface area contributed by atoms with Crippen LogP contribution in [0.2, 0.25) is 0 Å². The summed E-state index contributed by atoms with van der Waals surface area (Å²) in [5.74, 6) is 3.06. The number of methoxy groups -OCH3 is 3. The molecule has 0 radical (unpaired) electrons. The van der Waals surface area contributed by atoms with Crippen LogP contribution in [0.15, 0.2) is 10.5 Å². The van der Waals surface area contributed by atoms with Crippen LogP contribution in [0.3, 0.4) is 0 Å². The zero-order chi connectivity index (χ0) is 15.6. The molecule has 0 saturated heterocycles. The Bertz CT molecular complexity index is 631. The summed E-state index contributed by atoms with van der Waals surface area (Å²) in [5.41, 5.74) is 1.88. The molecule has 0 aliphatic heterocycles. The maximum atomic E-state index is 6.01. The van der Waals surface area contributed by atoms with E-state index in [-0.39, 0.29) is 0 Å². The van der Waals surface area contributed by atoms with Crippen LogP contribution in [-0.2, 0) is 6.54 Å². The average molecular weight is 293 g/mol. The molecule has 0 amide bonds. The molecule has 0 saturated carbocycles. The van der Waals surface area contributed by atoms with Crippen molar-refractivity contribution >= 4 is 11.0 Å². The smallest absolute Gasteiger partial charge is 0.204 e. The molecule has 0 bridgehead atoms. The largest absolute Gasteiger partial charge is 0.493 e. The van der Waals surface area contributed by atoms with Crippen LogP contribution in [-0.4, -0.2) is 28.4 Å². The van der Waals surface area contributed by atoms with Crippen molar-refractivity contribution in [1.29, 1.82) is 0 Å². The van der Waals surface area contributed by atoms with Crippen molar-refractivity contribution in [3.05, 3.63) is 17.4 Å². The molecule has 1 aromatic carbocycles. The van der Waals surface area contributed by atoms with Gasteiger partial charge in [0, 0.05) is 11.6 Å². The minimum atomic E-state index is 0.307. The molecule has 0 unspecified atom stereocenters. The van der Waals surface area contributed by atoms with E-state index in [1.165, 1.54) is 0 Å². The number of hydrogen-bond donors (Lipinski definition) is 1. The summed E-state index contributed by atoms with van der Waals surface area (Å²) in [6, 6.07) is 1.85. The average Bonchev–Trinajstić information content (AvgIpc) is 2.83. The normalized spacial score (nSPS) is 11.2. The maximum Gasteiger partial charge on any atom is 0.204 e. The molecule has 5 heteroatoms. The molecule has 1 aromatic heterocycles. The highest BCUT2D eigenvalue weighted by Crippen LogP contribution is 2.47. The molecular weight excluding hydrogens is 270 g/mol. The first-order chi connectivity index (χ1) is 10.1. The van der Waals surface area contributed by atoms with Gasteiger partial charge >= 0.3 is 0 Å². The van der Waals surface area contributed by atoms with Crippen molar-refractivity contribution in [2.75, 3.05) is 28.4 Å². The minimum Gasteiger partial charge on any atom is -0.493 e. The van der Waals surface area contributed by atoms with E-state index in [1.807, 2.05) is 13.1 Å².